The molecule has 2 rings (SSSR count). The number of halogens is 3. The van der Waals surface area contributed by atoms with Crippen LogP contribution in [0.2, 0.25) is 0 Å². The average molecular weight is 316 g/mol. The Morgan fingerprint density at radius 3 is 2.50 bits per heavy atom. The smallest absolute Gasteiger partial charge is 0.410 e. The maximum absolute atomic E-state index is 12.7. The second-order valence-corrected chi connectivity index (χ2v) is 4.89. The van der Waals surface area contributed by atoms with Crippen molar-refractivity contribution in [3.63, 3.8) is 0 Å². The highest BCUT2D eigenvalue weighted by Crippen LogP contribution is 2.19. The molecular formula is C14H15F3N2O3. The maximum Gasteiger partial charge on any atom is 0.410 e. The van der Waals surface area contributed by atoms with E-state index in [1.165, 1.54) is 0 Å². The first-order valence-corrected chi connectivity index (χ1v) is 6.65. The van der Waals surface area contributed by atoms with Crippen LogP contribution in [0.1, 0.15) is 5.56 Å². The van der Waals surface area contributed by atoms with Crippen molar-refractivity contribution >= 4 is 12.0 Å². The molecule has 5 nitrogen and oxygen atoms in total. The maximum atomic E-state index is 12.7. The van der Waals surface area contributed by atoms with E-state index >= 15 is 0 Å². The number of nitrogens with zero attached hydrogens (tertiary/aromatic N) is 2. The Labute approximate surface area is 125 Å². The lowest BCUT2D eigenvalue weighted by molar-refractivity contribution is -0.162. The molecule has 2 amide bonds. The number of rotatable bonds is 5. The standard InChI is InChI=1S/C14H15F3N2O3/c15-14(16,17)10-19(8-11-4-2-1-3-5-11)12(20)9-18-6-7-22-13(18)21/h1-5H,6-10H2. The first-order valence-electron chi connectivity index (χ1n) is 6.65. The summed E-state index contributed by atoms with van der Waals surface area (Å²) in [4.78, 5) is 25.2. The fourth-order valence-electron chi connectivity index (χ4n) is 2.09. The molecule has 0 N–H and O–H groups in total. The van der Waals surface area contributed by atoms with Gasteiger partial charge in [-0.3, -0.25) is 9.69 Å². The minimum atomic E-state index is -4.50. The Bertz CT molecular complexity index is 534. The predicted octanol–water partition coefficient (Wildman–Crippen LogP) is 2.03. The van der Waals surface area contributed by atoms with Gasteiger partial charge >= 0.3 is 12.3 Å². The summed E-state index contributed by atoms with van der Waals surface area (Å²) in [6.45, 7) is -1.59. The number of hydrogen-bond donors (Lipinski definition) is 0. The van der Waals surface area contributed by atoms with E-state index in [9.17, 15) is 22.8 Å². The molecule has 1 aliphatic rings. The first kappa shape index (κ1) is 16.1. The quantitative estimate of drug-likeness (QED) is 0.835. The van der Waals surface area contributed by atoms with Crippen LogP contribution in [-0.4, -0.2) is 54.2 Å². The fourth-order valence-corrected chi connectivity index (χ4v) is 2.09. The molecule has 0 atom stereocenters. The number of amides is 2. The van der Waals surface area contributed by atoms with Gasteiger partial charge in [0.1, 0.15) is 19.7 Å². The van der Waals surface area contributed by atoms with Crippen LogP contribution < -0.4 is 0 Å². The van der Waals surface area contributed by atoms with Gasteiger partial charge in [-0.1, -0.05) is 30.3 Å². The molecule has 0 aliphatic carbocycles. The minimum absolute atomic E-state index is 0.143. The molecule has 0 saturated carbocycles. The van der Waals surface area contributed by atoms with Crippen LogP contribution in [0.15, 0.2) is 30.3 Å². The Kier molecular flexibility index (Phi) is 4.89. The normalized spacial score (nSPS) is 14.9. The summed E-state index contributed by atoms with van der Waals surface area (Å²) >= 11 is 0. The molecule has 1 saturated heterocycles. The van der Waals surface area contributed by atoms with Gasteiger partial charge < -0.3 is 9.64 Å². The largest absolute Gasteiger partial charge is 0.448 e. The van der Waals surface area contributed by atoms with Crippen LogP contribution in [0.4, 0.5) is 18.0 Å². The summed E-state index contributed by atoms with van der Waals surface area (Å²) in [5.74, 6) is -0.764. The van der Waals surface area contributed by atoms with E-state index in [0.717, 1.165) is 4.90 Å². The van der Waals surface area contributed by atoms with Gasteiger partial charge in [-0.15, -0.1) is 0 Å². The number of carbonyl (C=O) groups excluding carboxylic acids is 2. The molecule has 0 radical (unpaired) electrons. The molecule has 1 heterocycles. The van der Waals surface area contributed by atoms with E-state index in [0.29, 0.717) is 10.5 Å². The highest BCUT2D eigenvalue weighted by atomic mass is 19.4. The molecular weight excluding hydrogens is 301 g/mol. The van der Waals surface area contributed by atoms with Gasteiger partial charge in [0.25, 0.3) is 0 Å². The van der Waals surface area contributed by atoms with Gasteiger partial charge in [0, 0.05) is 6.54 Å². The van der Waals surface area contributed by atoms with E-state index in [4.69, 9.17) is 0 Å². The monoisotopic (exact) mass is 316 g/mol. The minimum Gasteiger partial charge on any atom is -0.448 e. The second-order valence-electron chi connectivity index (χ2n) is 4.89. The van der Waals surface area contributed by atoms with Crippen LogP contribution >= 0.6 is 0 Å². The third-order valence-corrected chi connectivity index (χ3v) is 3.11. The highest BCUT2D eigenvalue weighted by molar-refractivity contribution is 5.83. The Hall–Kier alpha value is -2.25. The van der Waals surface area contributed by atoms with Crippen molar-refractivity contribution in [3.05, 3.63) is 35.9 Å². The molecule has 22 heavy (non-hydrogen) atoms. The average Bonchev–Trinajstić information content (AvgIpc) is 2.83. The van der Waals surface area contributed by atoms with Crippen LogP contribution in [0, 0.1) is 0 Å². The predicted molar refractivity (Wildman–Crippen MR) is 70.8 cm³/mol. The van der Waals surface area contributed by atoms with Crippen LogP contribution in [0.25, 0.3) is 0 Å². The summed E-state index contributed by atoms with van der Waals surface area (Å²) in [5, 5.41) is 0. The van der Waals surface area contributed by atoms with Gasteiger partial charge in [0.05, 0.1) is 6.54 Å². The third kappa shape index (κ3) is 4.64. The van der Waals surface area contributed by atoms with E-state index in [1.54, 1.807) is 30.3 Å². The van der Waals surface area contributed by atoms with Gasteiger partial charge in [-0.05, 0) is 5.56 Å². The first-order chi connectivity index (χ1) is 10.3. The summed E-state index contributed by atoms with van der Waals surface area (Å²) < 4.78 is 42.6. The topological polar surface area (TPSA) is 49.9 Å². The van der Waals surface area contributed by atoms with Crippen molar-refractivity contribution in [3.8, 4) is 0 Å². The number of ether oxygens (including phenoxy) is 1. The van der Waals surface area contributed by atoms with Crippen molar-refractivity contribution in [1.29, 1.82) is 0 Å². The van der Waals surface area contributed by atoms with E-state index in [-0.39, 0.29) is 19.7 Å². The fraction of sp³-hybridized carbons (Fsp3) is 0.429. The van der Waals surface area contributed by atoms with Gasteiger partial charge in [0.15, 0.2) is 0 Å². The summed E-state index contributed by atoms with van der Waals surface area (Å²) in [5.41, 5.74) is 0.587. The highest BCUT2D eigenvalue weighted by Gasteiger charge is 2.34. The zero-order valence-electron chi connectivity index (χ0n) is 11.7. The molecule has 1 aromatic rings. The molecule has 0 unspecified atom stereocenters. The molecule has 8 heteroatoms. The summed E-state index contributed by atoms with van der Waals surface area (Å²) in [6, 6.07) is 8.38. The second kappa shape index (κ2) is 6.67. The molecule has 1 aliphatic heterocycles. The third-order valence-electron chi connectivity index (χ3n) is 3.11. The molecule has 0 spiro atoms. The van der Waals surface area contributed by atoms with Crippen LogP contribution in [-0.2, 0) is 16.1 Å². The van der Waals surface area contributed by atoms with E-state index in [1.807, 2.05) is 0 Å². The van der Waals surface area contributed by atoms with Gasteiger partial charge in [0.2, 0.25) is 5.91 Å². The van der Waals surface area contributed by atoms with Crippen LogP contribution in [0.5, 0.6) is 0 Å². The van der Waals surface area contributed by atoms with Gasteiger partial charge in [-0.2, -0.15) is 13.2 Å². The Morgan fingerprint density at radius 2 is 1.95 bits per heavy atom. The lowest BCUT2D eigenvalue weighted by Crippen LogP contribution is -2.44. The molecule has 1 fully saturated rings. The Morgan fingerprint density at radius 1 is 1.27 bits per heavy atom. The number of alkyl halides is 3. The van der Waals surface area contributed by atoms with Crippen molar-refractivity contribution in [2.45, 2.75) is 12.7 Å². The SMILES string of the molecule is O=C(CN1CCOC1=O)N(Cc1ccccc1)CC(F)(F)F. The number of cyclic esters (lactones) is 1. The summed E-state index contributed by atoms with van der Waals surface area (Å²) in [6.07, 6.45) is -5.18. The van der Waals surface area contributed by atoms with E-state index < -0.39 is 31.3 Å². The van der Waals surface area contributed by atoms with Crippen molar-refractivity contribution in [2.75, 3.05) is 26.2 Å². The molecule has 0 bridgehead atoms. The van der Waals surface area contributed by atoms with E-state index in [2.05, 4.69) is 4.74 Å². The zero-order valence-corrected chi connectivity index (χ0v) is 11.7. The number of benzene rings is 1. The zero-order chi connectivity index (χ0) is 16.2. The van der Waals surface area contributed by atoms with Crippen LogP contribution in [0.3, 0.4) is 0 Å². The Balaban J connectivity index is 2.06. The van der Waals surface area contributed by atoms with Crippen molar-refractivity contribution in [1.82, 2.24) is 9.80 Å². The van der Waals surface area contributed by atoms with Gasteiger partial charge in [-0.25, -0.2) is 4.79 Å². The molecule has 120 valence electrons. The van der Waals surface area contributed by atoms with Crippen molar-refractivity contribution in [2.24, 2.45) is 0 Å². The molecule has 0 aromatic heterocycles. The summed E-state index contributed by atoms with van der Waals surface area (Å²) in [7, 11) is 0. The lowest BCUT2D eigenvalue weighted by Gasteiger charge is -2.25. The lowest BCUT2D eigenvalue weighted by atomic mass is 10.2. The molecule has 1 aromatic carbocycles. The number of hydrogen-bond acceptors (Lipinski definition) is 3. The van der Waals surface area contributed by atoms with Crippen molar-refractivity contribution < 1.29 is 27.5 Å². The number of carbonyl (C=O) groups is 2.